The van der Waals surface area contributed by atoms with Gasteiger partial charge >= 0.3 is 0 Å². The second kappa shape index (κ2) is 16.6. The third-order valence-electron chi connectivity index (χ3n) is 12.9. The summed E-state index contributed by atoms with van der Waals surface area (Å²) in [5.41, 5.74) is 2.81. The first-order valence-corrected chi connectivity index (χ1v) is 25.3. The SMILES string of the molecule is CC(C)c1csc(-c2cccc3c2nc(OC2CC4C(=O)NC5(C(=O)NS(=O)(=O)C6(C)CC6)CC5C=CCCCCCC(Nc5nc(C(C)(C)C)cs5)C(=O)N4C2)n3C(C)C)n1. The number of nitrogens with one attached hydrogen (secondary N) is 3. The van der Waals surface area contributed by atoms with Crippen molar-refractivity contribution in [2.24, 2.45) is 5.92 Å². The Morgan fingerprint density at radius 3 is 2.48 bits per heavy atom. The normalized spacial score (nSPS) is 25.5. The molecular formula is C45H60N8O6S3. The molecule has 5 heterocycles. The molecule has 0 spiro atoms. The number of thiazole rings is 2. The molecule has 3 N–H and O–H groups in total. The van der Waals surface area contributed by atoms with Crippen LogP contribution in [0.15, 0.2) is 41.1 Å². The third-order valence-corrected chi connectivity index (χ3v) is 16.7. The number of hydrogen-bond acceptors (Lipinski definition) is 12. The molecule has 3 fully saturated rings. The quantitative estimate of drug-likeness (QED) is 0.133. The number of para-hydroxylation sites is 1. The van der Waals surface area contributed by atoms with Crippen molar-refractivity contribution < 1.29 is 27.5 Å². The number of rotatable bonds is 10. The summed E-state index contributed by atoms with van der Waals surface area (Å²) in [6.07, 6.45) is 8.39. The summed E-state index contributed by atoms with van der Waals surface area (Å²) < 4.78 is 36.8. The maximum atomic E-state index is 15.0. The molecule has 2 aliphatic carbocycles. The molecular weight excluding hydrogens is 845 g/mol. The van der Waals surface area contributed by atoms with Gasteiger partial charge in [0.1, 0.15) is 34.3 Å². The number of carbonyl (C=O) groups excluding carboxylic acids is 3. The van der Waals surface area contributed by atoms with Crippen LogP contribution in [-0.4, -0.2) is 85.6 Å². The fraction of sp³-hybridized carbons (Fsp3) is 0.600. The molecule has 14 nitrogen and oxygen atoms in total. The molecule has 1 aromatic carbocycles. The van der Waals surface area contributed by atoms with E-state index in [1.54, 1.807) is 23.2 Å². The van der Waals surface area contributed by atoms with Crippen LogP contribution in [0.1, 0.15) is 137 Å². The van der Waals surface area contributed by atoms with Gasteiger partial charge in [0.2, 0.25) is 21.8 Å². The molecule has 1 saturated heterocycles. The lowest BCUT2D eigenvalue weighted by atomic mass is 9.93. The highest BCUT2D eigenvalue weighted by Gasteiger charge is 2.63. The van der Waals surface area contributed by atoms with Crippen LogP contribution in [0.3, 0.4) is 0 Å². The smallest absolute Gasteiger partial charge is 0.297 e. The number of sulfonamides is 1. The number of allylic oxidation sites excluding steroid dienone is 1. The van der Waals surface area contributed by atoms with Crippen LogP contribution in [-0.2, 0) is 29.8 Å². The number of hydrogen-bond donors (Lipinski definition) is 3. The van der Waals surface area contributed by atoms with E-state index >= 15 is 4.79 Å². The van der Waals surface area contributed by atoms with Crippen molar-refractivity contribution in [2.75, 3.05) is 11.9 Å². The fourth-order valence-electron chi connectivity index (χ4n) is 8.45. The molecule has 3 amide bonds. The van der Waals surface area contributed by atoms with Crippen molar-refractivity contribution in [1.82, 2.24) is 34.5 Å². The summed E-state index contributed by atoms with van der Waals surface area (Å²) >= 11 is 3.03. The van der Waals surface area contributed by atoms with E-state index in [1.165, 1.54) is 11.3 Å². The van der Waals surface area contributed by atoms with Gasteiger partial charge in [-0.15, -0.1) is 22.7 Å². The Hall–Kier alpha value is -4.35. The molecule has 4 aromatic rings. The molecule has 2 aliphatic heterocycles. The van der Waals surface area contributed by atoms with Crippen molar-refractivity contribution in [3.8, 4) is 16.6 Å². The monoisotopic (exact) mass is 904 g/mol. The van der Waals surface area contributed by atoms with Gasteiger partial charge in [-0.05, 0) is 77.3 Å². The lowest BCUT2D eigenvalue weighted by Crippen LogP contribution is -2.58. The Kier molecular flexibility index (Phi) is 11.9. The van der Waals surface area contributed by atoms with Crippen LogP contribution in [0.25, 0.3) is 21.6 Å². The topological polar surface area (TPSA) is 178 Å². The Bertz CT molecular complexity index is 2500. The minimum absolute atomic E-state index is 0.0400. The van der Waals surface area contributed by atoms with E-state index in [-0.39, 0.29) is 42.7 Å². The van der Waals surface area contributed by atoms with Crippen molar-refractivity contribution in [3.63, 3.8) is 0 Å². The summed E-state index contributed by atoms with van der Waals surface area (Å²) in [6, 6.07) is 4.66. The third kappa shape index (κ3) is 8.65. The molecule has 4 aliphatic rings. The summed E-state index contributed by atoms with van der Waals surface area (Å²) in [7, 11) is -3.98. The lowest BCUT2D eigenvalue weighted by Gasteiger charge is -2.30. The van der Waals surface area contributed by atoms with E-state index in [1.807, 2.05) is 40.3 Å². The first-order valence-electron chi connectivity index (χ1n) is 22.0. The van der Waals surface area contributed by atoms with Crippen LogP contribution in [0.4, 0.5) is 5.13 Å². The van der Waals surface area contributed by atoms with Gasteiger partial charge in [-0.3, -0.25) is 23.7 Å². The zero-order valence-corrected chi connectivity index (χ0v) is 39.4. The Morgan fingerprint density at radius 2 is 1.81 bits per heavy atom. The number of anilines is 1. The second-order valence-electron chi connectivity index (χ2n) is 19.5. The Labute approximate surface area is 372 Å². The molecule has 8 rings (SSSR count). The van der Waals surface area contributed by atoms with Crippen LogP contribution in [0.2, 0.25) is 0 Å². The average molecular weight is 905 g/mol. The number of ether oxygens (including phenoxy) is 1. The first kappa shape index (κ1) is 44.3. The summed E-state index contributed by atoms with van der Waals surface area (Å²) in [6.45, 7) is 16.4. The van der Waals surface area contributed by atoms with E-state index < -0.39 is 56.2 Å². The predicted molar refractivity (Wildman–Crippen MR) is 244 cm³/mol. The molecule has 3 aromatic heterocycles. The summed E-state index contributed by atoms with van der Waals surface area (Å²) in [4.78, 5) is 60.3. The van der Waals surface area contributed by atoms with E-state index in [9.17, 15) is 18.0 Å². The van der Waals surface area contributed by atoms with Gasteiger partial charge in [0.15, 0.2) is 5.13 Å². The lowest BCUT2D eigenvalue weighted by molar-refractivity contribution is -0.140. The number of nitrogens with zero attached hydrogens (tertiary/aromatic N) is 5. The van der Waals surface area contributed by atoms with Crippen LogP contribution in [0, 0.1) is 5.92 Å². The Morgan fingerprint density at radius 1 is 1.03 bits per heavy atom. The number of fused-ring (bicyclic) bond motifs is 3. The number of imidazole rings is 1. The van der Waals surface area contributed by atoms with Crippen molar-refractivity contribution in [3.05, 3.63) is 52.5 Å². The first-order chi connectivity index (χ1) is 29.3. The fourth-order valence-corrected chi connectivity index (χ4v) is 11.8. The van der Waals surface area contributed by atoms with Crippen molar-refractivity contribution >= 4 is 66.6 Å². The largest absolute Gasteiger partial charge is 0.459 e. The van der Waals surface area contributed by atoms with Gasteiger partial charge in [0.25, 0.3) is 11.9 Å². The molecule has 62 heavy (non-hydrogen) atoms. The number of amides is 3. The van der Waals surface area contributed by atoms with Gasteiger partial charge < -0.3 is 20.3 Å². The van der Waals surface area contributed by atoms with Crippen LogP contribution >= 0.6 is 22.7 Å². The van der Waals surface area contributed by atoms with E-state index in [0.29, 0.717) is 30.4 Å². The van der Waals surface area contributed by atoms with Crippen LogP contribution < -0.4 is 20.1 Å². The van der Waals surface area contributed by atoms with E-state index in [0.717, 1.165) is 58.7 Å². The number of aromatic nitrogens is 4. The van der Waals surface area contributed by atoms with Crippen LogP contribution in [0.5, 0.6) is 6.01 Å². The highest BCUT2D eigenvalue weighted by molar-refractivity contribution is 7.91. The summed E-state index contributed by atoms with van der Waals surface area (Å²) in [5, 5.41) is 12.0. The van der Waals surface area contributed by atoms with Gasteiger partial charge in [0.05, 0.1) is 28.2 Å². The average Bonchev–Trinajstić information content (AvgIpc) is 3.71. The van der Waals surface area contributed by atoms with Gasteiger partial charge in [-0.1, -0.05) is 65.7 Å². The minimum Gasteiger partial charge on any atom is -0.459 e. The molecule has 17 heteroatoms. The zero-order chi connectivity index (χ0) is 44.4. The van der Waals surface area contributed by atoms with Crippen molar-refractivity contribution in [1.29, 1.82) is 0 Å². The molecule has 5 atom stereocenters. The van der Waals surface area contributed by atoms with Crippen molar-refractivity contribution in [2.45, 2.75) is 159 Å². The highest BCUT2D eigenvalue weighted by Crippen LogP contribution is 2.48. The van der Waals surface area contributed by atoms with E-state index in [4.69, 9.17) is 19.7 Å². The maximum absolute atomic E-state index is 15.0. The predicted octanol–water partition coefficient (Wildman–Crippen LogP) is 7.84. The van der Waals surface area contributed by atoms with E-state index in [2.05, 4.69) is 69.2 Å². The molecule has 2 saturated carbocycles. The maximum Gasteiger partial charge on any atom is 0.297 e. The number of benzene rings is 1. The van der Waals surface area contributed by atoms with Gasteiger partial charge in [-0.2, -0.15) is 4.98 Å². The molecule has 0 radical (unpaired) electrons. The molecule has 334 valence electrons. The summed E-state index contributed by atoms with van der Waals surface area (Å²) in [5.74, 6) is -1.67. The zero-order valence-electron chi connectivity index (χ0n) is 37.0. The molecule has 5 unspecified atom stereocenters. The standard InChI is InChI=1S/C45H60N8O6S3/c1-26(2)32-24-60-38(46-32)30-16-14-18-33-36(30)49-42(53(33)27(3)4)59-29-21-34-37(54)50-45(40(56)51-62(57,58)44(8)19-20-44)22-28(45)15-12-10-9-11-13-17-31(39(55)52(34)23-29)47-41-48-35(25-61-41)43(5,6)7/h12,14-16,18,24-29,31,34H,9-11,13,17,19-23H2,1-8H3,(H,47,48)(H,50,54)(H,51,56). The number of carbonyl (C=O) groups is 3. The Balaban J connectivity index is 1.13. The van der Waals surface area contributed by atoms with Gasteiger partial charge in [-0.25, -0.2) is 18.4 Å². The minimum atomic E-state index is -3.98. The molecule has 0 bridgehead atoms. The van der Waals surface area contributed by atoms with Gasteiger partial charge in [0, 0.05) is 40.1 Å². The second-order valence-corrected chi connectivity index (χ2v) is 23.4. The highest BCUT2D eigenvalue weighted by atomic mass is 32.2.